The number of likely N-dealkylation sites (N-methyl/N-ethyl adjacent to an activating group) is 1. The summed E-state index contributed by atoms with van der Waals surface area (Å²) in [5.41, 5.74) is 2.49. The third-order valence-electron chi connectivity index (χ3n) is 4.40. The molecule has 0 unspecified atom stereocenters. The van der Waals surface area contributed by atoms with Gasteiger partial charge in [0.2, 0.25) is 0 Å². The summed E-state index contributed by atoms with van der Waals surface area (Å²) in [6.07, 6.45) is 2.53. The Morgan fingerprint density at radius 2 is 2.16 bits per heavy atom. The smallest absolute Gasteiger partial charge is 0.165 e. The van der Waals surface area contributed by atoms with Crippen LogP contribution in [-0.2, 0) is 0 Å². The lowest BCUT2D eigenvalue weighted by Gasteiger charge is -2.43. The van der Waals surface area contributed by atoms with E-state index in [9.17, 15) is 0 Å². The van der Waals surface area contributed by atoms with Crippen LogP contribution in [0.15, 0.2) is 12.1 Å². The van der Waals surface area contributed by atoms with Crippen LogP contribution in [0.2, 0.25) is 0 Å². The second-order valence-corrected chi connectivity index (χ2v) is 5.44. The molecule has 2 aliphatic rings. The summed E-state index contributed by atoms with van der Waals surface area (Å²) in [6, 6.07) is 4.90. The zero-order valence-electron chi connectivity index (χ0n) is 11.8. The first-order valence-corrected chi connectivity index (χ1v) is 6.73. The number of hydrogen-bond donors (Lipinski definition) is 0. The molecule has 1 fully saturated rings. The maximum absolute atomic E-state index is 6.00. The number of rotatable bonds is 1. The summed E-state index contributed by atoms with van der Waals surface area (Å²) >= 11 is 0. The Kier molecular flexibility index (Phi) is 4.26. The Balaban J connectivity index is 0.00000133. The molecule has 106 valence electrons. The van der Waals surface area contributed by atoms with Crippen molar-refractivity contribution < 1.29 is 9.47 Å². The van der Waals surface area contributed by atoms with Gasteiger partial charge in [0.15, 0.2) is 11.5 Å². The standard InChI is InChI=1S/C15H21NO2.ClH/c1-10-6-7-12-11-5-4-8-16(2)13(11)9-18-15(12)14(10)17-3;/h6-7,11,13H,4-5,8-9H2,1-3H3;1H/t11-,13-;/m0./s1. The molecule has 19 heavy (non-hydrogen) atoms. The summed E-state index contributed by atoms with van der Waals surface area (Å²) < 4.78 is 11.5. The quantitative estimate of drug-likeness (QED) is 0.791. The summed E-state index contributed by atoms with van der Waals surface area (Å²) in [4.78, 5) is 2.43. The maximum atomic E-state index is 6.00. The van der Waals surface area contributed by atoms with Crippen molar-refractivity contribution in [2.24, 2.45) is 0 Å². The fourth-order valence-electron chi connectivity index (χ4n) is 3.37. The molecule has 0 amide bonds. The highest BCUT2D eigenvalue weighted by molar-refractivity contribution is 5.85. The number of benzene rings is 1. The lowest BCUT2D eigenvalue weighted by Crippen LogP contribution is -2.47. The molecule has 2 atom stereocenters. The Bertz CT molecular complexity index is 464. The largest absolute Gasteiger partial charge is 0.493 e. The van der Waals surface area contributed by atoms with Crippen LogP contribution < -0.4 is 9.47 Å². The van der Waals surface area contributed by atoms with Crippen molar-refractivity contribution in [1.82, 2.24) is 4.90 Å². The lowest BCUT2D eigenvalue weighted by molar-refractivity contribution is 0.0847. The zero-order chi connectivity index (χ0) is 12.7. The van der Waals surface area contributed by atoms with Crippen molar-refractivity contribution in [1.29, 1.82) is 0 Å². The molecule has 1 saturated heterocycles. The van der Waals surface area contributed by atoms with E-state index in [2.05, 4.69) is 31.0 Å². The van der Waals surface area contributed by atoms with E-state index in [0.717, 1.165) is 23.7 Å². The predicted octanol–water partition coefficient (Wildman–Crippen LogP) is 3.00. The third-order valence-corrected chi connectivity index (χ3v) is 4.40. The van der Waals surface area contributed by atoms with Gasteiger partial charge in [-0.1, -0.05) is 12.1 Å². The summed E-state index contributed by atoms with van der Waals surface area (Å²) in [5, 5.41) is 0. The first-order valence-electron chi connectivity index (χ1n) is 6.73. The fourth-order valence-corrected chi connectivity index (χ4v) is 3.37. The number of methoxy groups -OCH3 is 1. The molecule has 0 spiro atoms. The SMILES string of the molecule is COc1c(C)ccc2c1OC[C@H]1[C@H]2CCCN1C.Cl. The van der Waals surface area contributed by atoms with Gasteiger partial charge >= 0.3 is 0 Å². The van der Waals surface area contributed by atoms with Gasteiger partial charge in [0.05, 0.1) is 13.2 Å². The molecule has 0 bridgehead atoms. The Labute approximate surface area is 121 Å². The Morgan fingerprint density at radius 3 is 2.89 bits per heavy atom. The van der Waals surface area contributed by atoms with Crippen LogP contribution in [0.3, 0.4) is 0 Å². The van der Waals surface area contributed by atoms with Crippen LogP contribution in [-0.4, -0.2) is 38.3 Å². The van der Waals surface area contributed by atoms with E-state index in [1.807, 2.05) is 0 Å². The molecule has 1 aromatic rings. The molecular formula is C15H22ClNO2. The van der Waals surface area contributed by atoms with E-state index in [1.165, 1.54) is 24.9 Å². The van der Waals surface area contributed by atoms with E-state index in [-0.39, 0.29) is 12.4 Å². The minimum Gasteiger partial charge on any atom is -0.493 e. The van der Waals surface area contributed by atoms with Crippen LogP contribution in [0.1, 0.15) is 29.9 Å². The van der Waals surface area contributed by atoms with Gasteiger partial charge in [-0.15, -0.1) is 12.4 Å². The second kappa shape index (κ2) is 5.59. The predicted molar refractivity (Wildman–Crippen MR) is 78.9 cm³/mol. The molecule has 1 aromatic carbocycles. The lowest BCUT2D eigenvalue weighted by atomic mass is 9.81. The van der Waals surface area contributed by atoms with Gasteiger partial charge in [-0.25, -0.2) is 0 Å². The minimum atomic E-state index is 0. The van der Waals surface area contributed by atoms with Crippen LogP contribution >= 0.6 is 12.4 Å². The molecule has 0 radical (unpaired) electrons. The van der Waals surface area contributed by atoms with Crippen molar-refractivity contribution in [2.45, 2.75) is 31.7 Å². The highest BCUT2D eigenvalue weighted by Gasteiger charge is 2.37. The molecule has 4 heteroatoms. The van der Waals surface area contributed by atoms with E-state index in [0.29, 0.717) is 12.0 Å². The first-order chi connectivity index (χ1) is 8.72. The Hall–Kier alpha value is -0.930. The van der Waals surface area contributed by atoms with Gasteiger partial charge in [-0.2, -0.15) is 0 Å². The van der Waals surface area contributed by atoms with Crippen LogP contribution in [0.5, 0.6) is 11.5 Å². The van der Waals surface area contributed by atoms with Crippen LogP contribution in [0.25, 0.3) is 0 Å². The van der Waals surface area contributed by atoms with Crippen molar-refractivity contribution in [3.8, 4) is 11.5 Å². The maximum Gasteiger partial charge on any atom is 0.165 e. The number of nitrogens with zero attached hydrogens (tertiary/aromatic N) is 1. The van der Waals surface area contributed by atoms with Crippen molar-refractivity contribution in [2.75, 3.05) is 27.3 Å². The summed E-state index contributed by atoms with van der Waals surface area (Å²) in [6.45, 7) is 4.04. The van der Waals surface area contributed by atoms with E-state index < -0.39 is 0 Å². The summed E-state index contributed by atoms with van der Waals surface area (Å²) in [7, 11) is 3.93. The van der Waals surface area contributed by atoms with E-state index in [4.69, 9.17) is 9.47 Å². The monoisotopic (exact) mass is 283 g/mol. The van der Waals surface area contributed by atoms with Gasteiger partial charge in [-0.05, 0) is 38.9 Å². The Morgan fingerprint density at radius 1 is 1.37 bits per heavy atom. The highest BCUT2D eigenvalue weighted by atomic mass is 35.5. The number of ether oxygens (including phenoxy) is 2. The highest BCUT2D eigenvalue weighted by Crippen LogP contribution is 2.46. The summed E-state index contributed by atoms with van der Waals surface area (Å²) in [5.74, 6) is 2.50. The van der Waals surface area contributed by atoms with Gasteiger partial charge in [0, 0.05) is 11.5 Å². The average Bonchev–Trinajstić information content (AvgIpc) is 2.38. The first kappa shape index (κ1) is 14.5. The second-order valence-electron chi connectivity index (χ2n) is 5.44. The van der Waals surface area contributed by atoms with Crippen molar-refractivity contribution >= 4 is 12.4 Å². The average molecular weight is 284 g/mol. The van der Waals surface area contributed by atoms with Gasteiger partial charge in [0.25, 0.3) is 0 Å². The molecule has 2 aliphatic heterocycles. The molecule has 0 aliphatic carbocycles. The van der Waals surface area contributed by atoms with Crippen LogP contribution in [0, 0.1) is 6.92 Å². The molecule has 3 rings (SSSR count). The van der Waals surface area contributed by atoms with E-state index >= 15 is 0 Å². The van der Waals surface area contributed by atoms with E-state index in [1.54, 1.807) is 7.11 Å². The van der Waals surface area contributed by atoms with Gasteiger partial charge < -0.3 is 9.47 Å². The van der Waals surface area contributed by atoms with Crippen molar-refractivity contribution in [3.63, 3.8) is 0 Å². The molecule has 0 aromatic heterocycles. The molecule has 0 saturated carbocycles. The number of halogens is 1. The molecule has 0 N–H and O–H groups in total. The molecule has 3 nitrogen and oxygen atoms in total. The molecule has 2 heterocycles. The molecular weight excluding hydrogens is 262 g/mol. The number of aryl methyl sites for hydroxylation is 1. The normalized spacial score (nSPS) is 25.6. The topological polar surface area (TPSA) is 21.7 Å². The number of likely N-dealkylation sites (tertiary alicyclic amines) is 1. The number of piperidine rings is 1. The number of fused-ring (bicyclic) bond motifs is 3. The van der Waals surface area contributed by atoms with Gasteiger partial charge in [-0.3, -0.25) is 4.90 Å². The zero-order valence-corrected chi connectivity index (χ0v) is 12.6. The van der Waals surface area contributed by atoms with Gasteiger partial charge in [0.1, 0.15) is 6.61 Å². The van der Waals surface area contributed by atoms with Crippen LogP contribution in [0.4, 0.5) is 0 Å². The number of hydrogen-bond acceptors (Lipinski definition) is 3. The minimum absolute atomic E-state index is 0. The van der Waals surface area contributed by atoms with Crippen molar-refractivity contribution in [3.05, 3.63) is 23.3 Å². The third kappa shape index (κ3) is 2.30. The fraction of sp³-hybridized carbons (Fsp3) is 0.600.